The van der Waals surface area contributed by atoms with E-state index in [4.69, 9.17) is 4.74 Å². The van der Waals surface area contributed by atoms with Crippen molar-refractivity contribution in [3.63, 3.8) is 0 Å². The molecule has 1 fully saturated rings. The van der Waals surface area contributed by atoms with Crippen molar-refractivity contribution in [3.8, 4) is 0 Å². The molecule has 1 aliphatic rings. The van der Waals surface area contributed by atoms with Crippen LogP contribution in [0.3, 0.4) is 0 Å². The van der Waals surface area contributed by atoms with Crippen molar-refractivity contribution in [3.05, 3.63) is 35.4 Å². The van der Waals surface area contributed by atoms with Gasteiger partial charge in [0.25, 0.3) is 0 Å². The van der Waals surface area contributed by atoms with Crippen LogP contribution in [0.1, 0.15) is 11.1 Å². The minimum atomic E-state index is 0.495. The van der Waals surface area contributed by atoms with E-state index >= 15 is 0 Å². The average molecular weight is 234 g/mol. The molecule has 1 unspecified atom stereocenters. The number of likely N-dealkylation sites (N-methyl/N-ethyl adjacent to an activating group) is 1. The zero-order valence-electron chi connectivity index (χ0n) is 10.8. The van der Waals surface area contributed by atoms with Crippen LogP contribution in [0.25, 0.3) is 0 Å². The van der Waals surface area contributed by atoms with Crippen LogP contribution in [-0.4, -0.2) is 44.3 Å². The Labute approximate surface area is 104 Å². The number of nitrogens with zero attached hydrogens (tertiary/aromatic N) is 1. The summed E-state index contributed by atoms with van der Waals surface area (Å²) < 4.78 is 5.54. The van der Waals surface area contributed by atoms with Gasteiger partial charge in [-0.05, 0) is 19.5 Å². The Morgan fingerprint density at radius 2 is 2.12 bits per heavy atom. The second-order valence-electron chi connectivity index (χ2n) is 4.74. The third-order valence-electron chi connectivity index (χ3n) is 3.30. The van der Waals surface area contributed by atoms with Crippen molar-refractivity contribution >= 4 is 0 Å². The molecule has 1 saturated heterocycles. The first-order valence-corrected chi connectivity index (χ1v) is 6.31. The Balaban J connectivity index is 1.97. The predicted octanol–water partition coefficient (Wildman–Crippen LogP) is 1.42. The molecule has 2 rings (SSSR count). The lowest BCUT2D eigenvalue weighted by Crippen LogP contribution is -2.49. The van der Waals surface area contributed by atoms with Crippen LogP contribution in [0.15, 0.2) is 24.3 Å². The Kier molecular flexibility index (Phi) is 4.54. The van der Waals surface area contributed by atoms with Gasteiger partial charge in [0.1, 0.15) is 0 Å². The Hall–Kier alpha value is -0.900. The van der Waals surface area contributed by atoms with Gasteiger partial charge in [-0.2, -0.15) is 0 Å². The lowest BCUT2D eigenvalue weighted by atomic mass is 10.1. The molecule has 1 aromatic rings. The molecule has 3 nitrogen and oxygen atoms in total. The van der Waals surface area contributed by atoms with Gasteiger partial charge < -0.3 is 10.1 Å². The summed E-state index contributed by atoms with van der Waals surface area (Å²) in [5.41, 5.74) is 2.71. The lowest BCUT2D eigenvalue weighted by molar-refractivity contribution is -0.0103. The highest BCUT2D eigenvalue weighted by Crippen LogP contribution is 2.12. The topological polar surface area (TPSA) is 24.5 Å². The van der Waals surface area contributed by atoms with Crippen molar-refractivity contribution in [2.45, 2.75) is 19.5 Å². The summed E-state index contributed by atoms with van der Waals surface area (Å²) in [6, 6.07) is 9.31. The second kappa shape index (κ2) is 6.15. The number of aryl methyl sites for hydroxylation is 1. The van der Waals surface area contributed by atoms with Crippen molar-refractivity contribution in [2.24, 2.45) is 0 Å². The van der Waals surface area contributed by atoms with Gasteiger partial charge in [0.05, 0.1) is 13.2 Å². The number of hydrogen-bond acceptors (Lipinski definition) is 3. The zero-order valence-corrected chi connectivity index (χ0v) is 10.8. The fourth-order valence-corrected chi connectivity index (χ4v) is 2.25. The van der Waals surface area contributed by atoms with E-state index < -0.39 is 0 Å². The molecule has 1 aliphatic heterocycles. The second-order valence-corrected chi connectivity index (χ2v) is 4.74. The number of benzene rings is 1. The molecular formula is C14H22N2O. The highest BCUT2D eigenvalue weighted by Gasteiger charge is 2.22. The normalized spacial score (nSPS) is 21.6. The molecule has 0 spiro atoms. The van der Waals surface area contributed by atoms with Gasteiger partial charge in [0, 0.05) is 25.7 Å². The maximum atomic E-state index is 5.54. The molecule has 0 radical (unpaired) electrons. The van der Waals surface area contributed by atoms with Crippen LogP contribution in [0, 0.1) is 6.92 Å². The molecule has 17 heavy (non-hydrogen) atoms. The number of ether oxygens (including phenoxy) is 1. The smallest absolute Gasteiger partial charge is 0.0635 e. The standard InChI is InChI=1S/C14H22N2O/c1-12-3-5-13(6-4-12)10-16-7-8-17-11-14(16)9-15-2/h3-6,14-15H,7-11H2,1-2H3. The van der Waals surface area contributed by atoms with Crippen LogP contribution in [0.5, 0.6) is 0 Å². The molecule has 1 aromatic carbocycles. The Morgan fingerprint density at radius 1 is 1.35 bits per heavy atom. The van der Waals surface area contributed by atoms with Crippen LogP contribution >= 0.6 is 0 Å². The average Bonchev–Trinajstić information content (AvgIpc) is 2.35. The molecule has 0 aromatic heterocycles. The lowest BCUT2D eigenvalue weighted by Gasteiger charge is -2.35. The summed E-state index contributed by atoms with van der Waals surface area (Å²) in [7, 11) is 2.00. The summed E-state index contributed by atoms with van der Waals surface area (Å²) in [6.07, 6.45) is 0. The van der Waals surface area contributed by atoms with E-state index in [0.29, 0.717) is 6.04 Å². The van der Waals surface area contributed by atoms with Crippen LogP contribution in [-0.2, 0) is 11.3 Å². The van der Waals surface area contributed by atoms with Crippen LogP contribution in [0.2, 0.25) is 0 Å². The third kappa shape index (κ3) is 3.53. The fraction of sp³-hybridized carbons (Fsp3) is 0.571. The number of rotatable bonds is 4. The molecule has 0 bridgehead atoms. The first kappa shape index (κ1) is 12.6. The Morgan fingerprint density at radius 3 is 2.82 bits per heavy atom. The third-order valence-corrected chi connectivity index (χ3v) is 3.30. The van der Waals surface area contributed by atoms with Gasteiger partial charge in [-0.1, -0.05) is 29.8 Å². The molecular weight excluding hydrogens is 212 g/mol. The number of hydrogen-bond donors (Lipinski definition) is 1. The van der Waals surface area contributed by atoms with Crippen molar-refractivity contribution in [1.82, 2.24) is 10.2 Å². The van der Waals surface area contributed by atoms with Crippen molar-refractivity contribution in [1.29, 1.82) is 0 Å². The summed E-state index contributed by atoms with van der Waals surface area (Å²) in [6.45, 7) is 6.86. The van der Waals surface area contributed by atoms with Gasteiger partial charge in [-0.25, -0.2) is 0 Å². The van der Waals surface area contributed by atoms with Gasteiger partial charge in [0.2, 0.25) is 0 Å². The predicted molar refractivity (Wildman–Crippen MR) is 70.1 cm³/mol. The minimum Gasteiger partial charge on any atom is -0.378 e. The Bertz CT molecular complexity index is 335. The first-order chi connectivity index (χ1) is 8.29. The molecule has 0 saturated carbocycles. The van der Waals surface area contributed by atoms with E-state index in [0.717, 1.165) is 32.8 Å². The number of nitrogens with one attached hydrogen (secondary N) is 1. The van der Waals surface area contributed by atoms with Crippen molar-refractivity contribution in [2.75, 3.05) is 33.4 Å². The van der Waals surface area contributed by atoms with Gasteiger partial charge in [-0.15, -0.1) is 0 Å². The molecule has 0 aliphatic carbocycles. The minimum absolute atomic E-state index is 0.495. The molecule has 94 valence electrons. The van der Waals surface area contributed by atoms with E-state index in [-0.39, 0.29) is 0 Å². The summed E-state index contributed by atoms with van der Waals surface area (Å²) in [5.74, 6) is 0. The van der Waals surface area contributed by atoms with E-state index in [1.165, 1.54) is 11.1 Å². The molecule has 0 amide bonds. The largest absolute Gasteiger partial charge is 0.378 e. The molecule has 1 N–H and O–H groups in total. The van der Waals surface area contributed by atoms with E-state index in [1.54, 1.807) is 0 Å². The van der Waals surface area contributed by atoms with Gasteiger partial charge in [-0.3, -0.25) is 4.90 Å². The van der Waals surface area contributed by atoms with Gasteiger partial charge >= 0.3 is 0 Å². The maximum absolute atomic E-state index is 5.54. The van der Waals surface area contributed by atoms with E-state index in [1.807, 2.05) is 7.05 Å². The monoisotopic (exact) mass is 234 g/mol. The highest BCUT2D eigenvalue weighted by atomic mass is 16.5. The fourth-order valence-electron chi connectivity index (χ4n) is 2.25. The van der Waals surface area contributed by atoms with E-state index in [9.17, 15) is 0 Å². The van der Waals surface area contributed by atoms with Crippen LogP contribution < -0.4 is 5.32 Å². The first-order valence-electron chi connectivity index (χ1n) is 6.31. The maximum Gasteiger partial charge on any atom is 0.0635 e. The molecule has 3 heteroatoms. The van der Waals surface area contributed by atoms with Crippen molar-refractivity contribution < 1.29 is 4.74 Å². The molecule has 1 heterocycles. The highest BCUT2D eigenvalue weighted by molar-refractivity contribution is 5.21. The van der Waals surface area contributed by atoms with Crippen LogP contribution in [0.4, 0.5) is 0 Å². The SMILES string of the molecule is CNCC1COCCN1Cc1ccc(C)cc1. The zero-order chi connectivity index (χ0) is 12.1. The molecule has 1 atom stereocenters. The number of morpholine rings is 1. The quantitative estimate of drug-likeness (QED) is 0.852. The summed E-state index contributed by atoms with van der Waals surface area (Å²) in [5, 5.41) is 3.24. The van der Waals surface area contributed by atoms with E-state index in [2.05, 4.69) is 41.4 Å². The van der Waals surface area contributed by atoms with Gasteiger partial charge in [0.15, 0.2) is 0 Å². The summed E-state index contributed by atoms with van der Waals surface area (Å²) in [4.78, 5) is 2.50. The summed E-state index contributed by atoms with van der Waals surface area (Å²) >= 11 is 0.